The average molecular weight is 485 g/mol. The second kappa shape index (κ2) is 10.0. The van der Waals surface area contributed by atoms with Crippen molar-refractivity contribution in [1.29, 1.82) is 0 Å². The normalized spacial score (nSPS) is 16.3. The second-order valence-electron chi connectivity index (χ2n) is 9.34. The molecule has 1 aliphatic rings. The van der Waals surface area contributed by atoms with E-state index in [-0.39, 0.29) is 5.56 Å². The van der Waals surface area contributed by atoms with Gasteiger partial charge in [0.15, 0.2) is 0 Å². The van der Waals surface area contributed by atoms with Crippen LogP contribution in [0.2, 0.25) is 0 Å². The maximum Gasteiger partial charge on any atom is 0.266 e. The lowest BCUT2D eigenvalue weighted by atomic mass is 10.1. The number of nitrogens with zero attached hydrogens (tertiary/aromatic N) is 4. The lowest BCUT2D eigenvalue weighted by Crippen LogP contribution is -2.52. The Bertz CT molecular complexity index is 1450. The van der Waals surface area contributed by atoms with Crippen LogP contribution in [0.25, 0.3) is 16.6 Å². The second-order valence-corrected chi connectivity index (χ2v) is 9.34. The first-order valence-electron chi connectivity index (χ1n) is 12.3. The molecule has 1 fully saturated rings. The Kier molecular flexibility index (Phi) is 6.65. The third kappa shape index (κ3) is 4.54. The van der Waals surface area contributed by atoms with Crippen molar-refractivity contribution in [1.82, 2.24) is 14.5 Å². The molecule has 1 aliphatic heterocycles. The van der Waals surface area contributed by atoms with Crippen LogP contribution in [0, 0.1) is 6.92 Å². The van der Waals surface area contributed by atoms with E-state index in [0.29, 0.717) is 46.5 Å². The minimum absolute atomic E-state index is 0.117. The molecule has 4 aromatic rings. The van der Waals surface area contributed by atoms with E-state index >= 15 is 0 Å². The number of ether oxygens (including phenoxy) is 2. The van der Waals surface area contributed by atoms with E-state index in [1.54, 1.807) is 18.8 Å². The first-order valence-corrected chi connectivity index (χ1v) is 12.3. The van der Waals surface area contributed by atoms with Gasteiger partial charge in [0, 0.05) is 37.4 Å². The molecule has 0 aliphatic carbocycles. The number of rotatable bonds is 6. The standard InChI is InChI=1S/C29H32N4O3/c1-20-8-7-9-22(16-20)32-15-14-31(18-21(32)2)19-28-30-25-11-6-5-10-24(25)29(34)33(28)26-17-23(35-3)12-13-27(26)36-4/h5-13,16-17,21H,14-15,18-19H2,1-4H3/t21-/m0/s1. The molecule has 1 atom stereocenters. The van der Waals surface area contributed by atoms with Crippen LogP contribution in [-0.2, 0) is 6.54 Å². The van der Waals surface area contributed by atoms with Gasteiger partial charge in [-0.1, -0.05) is 24.3 Å². The van der Waals surface area contributed by atoms with Crippen LogP contribution < -0.4 is 19.9 Å². The molecule has 36 heavy (non-hydrogen) atoms. The van der Waals surface area contributed by atoms with E-state index in [4.69, 9.17) is 14.5 Å². The van der Waals surface area contributed by atoms with Crippen LogP contribution in [0.5, 0.6) is 11.5 Å². The summed E-state index contributed by atoms with van der Waals surface area (Å²) in [6.07, 6.45) is 0. The molecule has 7 heteroatoms. The molecule has 0 N–H and O–H groups in total. The molecule has 0 radical (unpaired) electrons. The molecule has 2 heterocycles. The van der Waals surface area contributed by atoms with Gasteiger partial charge in [-0.15, -0.1) is 0 Å². The number of anilines is 1. The summed E-state index contributed by atoms with van der Waals surface area (Å²) in [4.78, 5) is 23.6. The third-order valence-electron chi connectivity index (χ3n) is 6.88. The van der Waals surface area contributed by atoms with Gasteiger partial charge in [-0.25, -0.2) is 4.98 Å². The molecule has 7 nitrogen and oxygen atoms in total. The van der Waals surface area contributed by atoms with E-state index in [0.717, 1.165) is 19.6 Å². The topological polar surface area (TPSA) is 59.8 Å². The minimum Gasteiger partial charge on any atom is -0.497 e. The molecule has 0 amide bonds. The Balaban J connectivity index is 1.53. The monoisotopic (exact) mass is 484 g/mol. The Morgan fingerprint density at radius 3 is 2.56 bits per heavy atom. The molecule has 186 valence electrons. The van der Waals surface area contributed by atoms with Crippen molar-refractivity contribution in [2.24, 2.45) is 0 Å². The first kappa shape index (κ1) is 23.9. The molecule has 0 unspecified atom stereocenters. The summed E-state index contributed by atoms with van der Waals surface area (Å²) in [6, 6.07) is 22.0. The van der Waals surface area contributed by atoms with Gasteiger partial charge < -0.3 is 14.4 Å². The number of aryl methyl sites for hydroxylation is 1. The van der Waals surface area contributed by atoms with E-state index in [1.807, 2.05) is 42.5 Å². The van der Waals surface area contributed by atoms with Crippen molar-refractivity contribution in [3.05, 3.63) is 88.5 Å². The smallest absolute Gasteiger partial charge is 0.266 e. The van der Waals surface area contributed by atoms with Crippen molar-refractivity contribution in [2.45, 2.75) is 26.4 Å². The number of hydrogen-bond acceptors (Lipinski definition) is 6. The predicted octanol–water partition coefficient (Wildman–Crippen LogP) is 4.42. The van der Waals surface area contributed by atoms with Crippen molar-refractivity contribution in [2.75, 3.05) is 38.8 Å². The van der Waals surface area contributed by atoms with Gasteiger partial charge in [0.25, 0.3) is 5.56 Å². The third-order valence-corrected chi connectivity index (χ3v) is 6.88. The number of hydrogen-bond donors (Lipinski definition) is 0. The minimum atomic E-state index is -0.117. The zero-order valence-corrected chi connectivity index (χ0v) is 21.3. The number of piperazine rings is 1. The van der Waals surface area contributed by atoms with Crippen molar-refractivity contribution in [3.8, 4) is 17.2 Å². The molecule has 3 aromatic carbocycles. The lowest BCUT2D eigenvalue weighted by molar-refractivity contribution is 0.214. The summed E-state index contributed by atoms with van der Waals surface area (Å²) in [5.41, 5.74) is 3.72. The van der Waals surface area contributed by atoms with Crippen LogP contribution in [-0.4, -0.2) is 54.3 Å². The SMILES string of the molecule is COc1ccc(OC)c(-n2c(CN3CCN(c4cccc(C)c4)[C@@H](C)C3)nc3ccccc3c2=O)c1. The van der Waals surface area contributed by atoms with Crippen molar-refractivity contribution < 1.29 is 9.47 Å². The van der Waals surface area contributed by atoms with Crippen molar-refractivity contribution in [3.63, 3.8) is 0 Å². The Morgan fingerprint density at radius 2 is 1.81 bits per heavy atom. The highest BCUT2D eigenvalue weighted by molar-refractivity contribution is 5.78. The molecular formula is C29H32N4O3. The fraction of sp³-hybridized carbons (Fsp3) is 0.310. The van der Waals surface area contributed by atoms with E-state index < -0.39 is 0 Å². The highest BCUT2D eigenvalue weighted by Gasteiger charge is 2.26. The molecule has 5 rings (SSSR count). The highest BCUT2D eigenvalue weighted by Crippen LogP contribution is 2.29. The molecule has 1 aromatic heterocycles. The molecular weight excluding hydrogens is 452 g/mol. The zero-order valence-electron chi connectivity index (χ0n) is 21.3. The van der Waals surface area contributed by atoms with Gasteiger partial charge in [-0.3, -0.25) is 14.3 Å². The Hall–Kier alpha value is -3.84. The van der Waals surface area contributed by atoms with Gasteiger partial charge in [-0.2, -0.15) is 0 Å². The summed E-state index contributed by atoms with van der Waals surface area (Å²) in [6.45, 7) is 7.57. The predicted molar refractivity (Wildman–Crippen MR) is 144 cm³/mol. The van der Waals surface area contributed by atoms with E-state index in [2.05, 4.69) is 47.9 Å². The molecule has 0 bridgehead atoms. The largest absolute Gasteiger partial charge is 0.497 e. The summed E-state index contributed by atoms with van der Waals surface area (Å²) >= 11 is 0. The van der Waals surface area contributed by atoms with Gasteiger partial charge in [0.05, 0.1) is 37.4 Å². The molecule has 0 saturated carbocycles. The fourth-order valence-electron chi connectivity index (χ4n) is 5.07. The lowest BCUT2D eigenvalue weighted by Gasteiger charge is -2.41. The summed E-state index contributed by atoms with van der Waals surface area (Å²) in [5, 5.41) is 0.573. The van der Waals surface area contributed by atoms with Crippen molar-refractivity contribution >= 4 is 16.6 Å². The van der Waals surface area contributed by atoms with Gasteiger partial charge in [0.1, 0.15) is 17.3 Å². The first-order chi connectivity index (χ1) is 17.5. The number of methoxy groups -OCH3 is 2. The Morgan fingerprint density at radius 1 is 0.972 bits per heavy atom. The van der Waals surface area contributed by atoms with E-state index in [1.165, 1.54) is 11.3 Å². The Labute approximate surface area is 211 Å². The van der Waals surface area contributed by atoms with E-state index in [9.17, 15) is 4.79 Å². The van der Waals surface area contributed by atoms with Crippen LogP contribution in [0.1, 0.15) is 18.3 Å². The maximum atomic E-state index is 13.8. The fourth-order valence-corrected chi connectivity index (χ4v) is 5.07. The zero-order chi connectivity index (χ0) is 25.2. The maximum absolute atomic E-state index is 13.8. The van der Waals surface area contributed by atoms with Gasteiger partial charge >= 0.3 is 0 Å². The van der Waals surface area contributed by atoms with Crippen LogP contribution in [0.4, 0.5) is 5.69 Å². The van der Waals surface area contributed by atoms with Crippen LogP contribution in [0.15, 0.2) is 71.5 Å². The summed E-state index contributed by atoms with van der Waals surface area (Å²) in [7, 11) is 3.22. The van der Waals surface area contributed by atoms with Gasteiger partial charge in [-0.05, 0) is 55.8 Å². The van der Waals surface area contributed by atoms with Crippen LogP contribution >= 0.6 is 0 Å². The van der Waals surface area contributed by atoms with Gasteiger partial charge in [0.2, 0.25) is 0 Å². The number of benzene rings is 3. The number of para-hydroxylation sites is 1. The van der Waals surface area contributed by atoms with Crippen LogP contribution in [0.3, 0.4) is 0 Å². The quantitative estimate of drug-likeness (QED) is 0.404. The number of aromatic nitrogens is 2. The highest BCUT2D eigenvalue weighted by atomic mass is 16.5. The molecule has 0 spiro atoms. The summed E-state index contributed by atoms with van der Waals surface area (Å²) in [5.74, 6) is 1.92. The average Bonchev–Trinajstić information content (AvgIpc) is 2.88. The molecule has 1 saturated heterocycles. The number of fused-ring (bicyclic) bond motifs is 1. The summed E-state index contributed by atoms with van der Waals surface area (Å²) < 4.78 is 12.8.